The molecule has 0 bridgehead atoms. The zero-order chi connectivity index (χ0) is 21.1. The molecule has 0 unspecified atom stereocenters. The Bertz CT molecular complexity index is 974. The summed E-state index contributed by atoms with van der Waals surface area (Å²) in [5, 5.41) is 9.35. The van der Waals surface area contributed by atoms with Gasteiger partial charge >= 0.3 is 0 Å². The van der Waals surface area contributed by atoms with E-state index in [1.54, 1.807) is 13.4 Å². The van der Waals surface area contributed by atoms with Crippen molar-refractivity contribution in [2.24, 2.45) is 0 Å². The number of aromatic nitrogens is 3. The highest BCUT2D eigenvalue weighted by Crippen LogP contribution is 2.30. The molecular weight excluding hydrogens is 400 g/mol. The number of piperidine rings is 1. The molecule has 0 saturated carbocycles. The van der Waals surface area contributed by atoms with Crippen molar-refractivity contribution < 1.29 is 13.9 Å². The number of ether oxygens (including phenoxy) is 1. The van der Waals surface area contributed by atoms with Crippen LogP contribution in [0.5, 0.6) is 5.75 Å². The van der Waals surface area contributed by atoms with E-state index in [2.05, 4.69) is 24.0 Å². The number of rotatable bonds is 6. The second-order valence-corrected chi connectivity index (χ2v) is 8.48. The Morgan fingerprint density at radius 3 is 2.53 bits per heavy atom. The molecule has 0 radical (unpaired) electrons. The molecule has 7 nitrogen and oxygen atoms in total. The number of methoxy groups -OCH3 is 1. The summed E-state index contributed by atoms with van der Waals surface area (Å²) in [6.45, 7) is 4.26. The zero-order valence-corrected chi connectivity index (χ0v) is 18.3. The number of amides is 1. The molecule has 2 atom stereocenters. The van der Waals surface area contributed by atoms with E-state index in [0.29, 0.717) is 22.5 Å². The lowest BCUT2D eigenvalue weighted by atomic mass is 9.98. The summed E-state index contributed by atoms with van der Waals surface area (Å²) in [7, 11) is 1.64. The molecule has 30 heavy (non-hydrogen) atoms. The van der Waals surface area contributed by atoms with Gasteiger partial charge in [-0.05, 0) is 69.5 Å². The SMILES string of the molecule is COc1ccc(-n2c(SCC(=O)N3[C@@H](C)CCC[C@@H]3C)nnc2-c2ccco2)cc1. The number of hydrogen-bond acceptors (Lipinski definition) is 6. The summed E-state index contributed by atoms with van der Waals surface area (Å²) in [6.07, 6.45) is 4.91. The molecule has 0 N–H and O–H groups in total. The van der Waals surface area contributed by atoms with E-state index < -0.39 is 0 Å². The summed E-state index contributed by atoms with van der Waals surface area (Å²) in [5.74, 6) is 2.45. The van der Waals surface area contributed by atoms with Crippen molar-refractivity contribution in [1.82, 2.24) is 19.7 Å². The van der Waals surface area contributed by atoms with Crippen LogP contribution in [-0.4, -0.2) is 50.5 Å². The number of hydrogen-bond donors (Lipinski definition) is 0. The Hall–Kier alpha value is -2.74. The minimum absolute atomic E-state index is 0.142. The first kappa shape index (κ1) is 20.5. The number of carbonyl (C=O) groups excluding carboxylic acids is 1. The lowest BCUT2D eigenvalue weighted by Gasteiger charge is -2.39. The van der Waals surface area contributed by atoms with Gasteiger partial charge in [0.15, 0.2) is 10.9 Å². The Morgan fingerprint density at radius 2 is 1.90 bits per heavy atom. The average molecular weight is 427 g/mol. The standard InChI is InChI=1S/C22H26N4O3S/c1-15-6-4-7-16(2)25(15)20(27)14-30-22-24-23-21(19-8-5-13-29-19)26(22)17-9-11-18(28-3)12-10-17/h5,8-13,15-16H,4,6-7,14H2,1-3H3/t15-,16-/m0/s1. The number of furan rings is 1. The van der Waals surface area contributed by atoms with Gasteiger partial charge in [-0.25, -0.2) is 0 Å². The molecule has 1 saturated heterocycles. The van der Waals surface area contributed by atoms with Crippen molar-refractivity contribution in [1.29, 1.82) is 0 Å². The number of carbonyl (C=O) groups is 1. The fourth-order valence-electron chi connectivity index (χ4n) is 4.01. The summed E-state index contributed by atoms with van der Waals surface area (Å²) < 4.78 is 12.7. The molecule has 0 spiro atoms. The van der Waals surface area contributed by atoms with Crippen LogP contribution < -0.4 is 4.74 Å². The molecule has 3 aromatic rings. The Labute approximate surface area is 180 Å². The highest BCUT2D eigenvalue weighted by atomic mass is 32.2. The maximum absolute atomic E-state index is 13.0. The minimum Gasteiger partial charge on any atom is -0.497 e. The van der Waals surface area contributed by atoms with Gasteiger partial charge in [-0.1, -0.05) is 11.8 Å². The van der Waals surface area contributed by atoms with Crippen molar-refractivity contribution in [2.75, 3.05) is 12.9 Å². The van der Waals surface area contributed by atoms with Crippen LogP contribution in [0.2, 0.25) is 0 Å². The largest absolute Gasteiger partial charge is 0.497 e. The predicted molar refractivity (Wildman–Crippen MR) is 116 cm³/mol. The fraction of sp³-hybridized carbons (Fsp3) is 0.409. The molecule has 0 aliphatic carbocycles. The van der Waals surface area contributed by atoms with Crippen LogP contribution in [0.25, 0.3) is 17.3 Å². The van der Waals surface area contributed by atoms with Crippen LogP contribution in [0.15, 0.2) is 52.2 Å². The van der Waals surface area contributed by atoms with Crippen molar-refractivity contribution in [3.8, 4) is 23.0 Å². The van der Waals surface area contributed by atoms with Gasteiger partial charge in [0, 0.05) is 12.1 Å². The Morgan fingerprint density at radius 1 is 1.17 bits per heavy atom. The van der Waals surface area contributed by atoms with Crippen molar-refractivity contribution in [2.45, 2.75) is 50.4 Å². The molecule has 3 heterocycles. The number of nitrogens with zero attached hydrogens (tertiary/aromatic N) is 4. The van der Waals surface area contributed by atoms with Crippen LogP contribution in [0.4, 0.5) is 0 Å². The lowest BCUT2D eigenvalue weighted by Crippen LogP contribution is -2.48. The van der Waals surface area contributed by atoms with Crippen molar-refractivity contribution in [3.63, 3.8) is 0 Å². The van der Waals surface area contributed by atoms with E-state index >= 15 is 0 Å². The molecule has 1 fully saturated rings. The molecular formula is C22H26N4O3S. The van der Waals surface area contributed by atoms with Gasteiger partial charge in [-0.3, -0.25) is 9.36 Å². The van der Waals surface area contributed by atoms with E-state index in [4.69, 9.17) is 9.15 Å². The molecule has 1 aliphatic rings. The highest BCUT2D eigenvalue weighted by molar-refractivity contribution is 7.99. The first-order chi connectivity index (χ1) is 14.6. The number of likely N-dealkylation sites (tertiary alicyclic amines) is 1. The zero-order valence-electron chi connectivity index (χ0n) is 17.4. The van der Waals surface area contributed by atoms with E-state index in [0.717, 1.165) is 24.3 Å². The number of benzene rings is 1. The third-order valence-corrected chi connectivity index (χ3v) is 6.43. The highest BCUT2D eigenvalue weighted by Gasteiger charge is 2.29. The maximum atomic E-state index is 13.0. The van der Waals surface area contributed by atoms with Crippen LogP contribution in [0.3, 0.4) is 0 Å². The summed E-state index contributed by atoms with van der Waals surface area (Å²) in [6, 6.07) is 11.9. The topological polar surface area (TPSA) is 73.4 Å². The molecule has 1 aromatic carbocycles. The summed E-state index contributed by atoms with van der Waals surface area (Å²) >= 11 is 1.40. The van der Waals surface area contributed by atoms with Crippen LogP contribution >= 0.6 is 11.8 Å². The lowest BCUT2D eigenvalue weighted by molar-refractivity contribution is -0.134. The monoisotopic (exact) mass is 426 g/mol. The molecule has 8 heteroatoms. The van der Waals surface area contributed by atoms with Crippen molar-refractivity contribution >= 4 is 17.7 Å². The molecule has 1 aliphatic heterocycles. The first-order valence-electron chi connectivity index (χ1n) is 10.2. The first-order valence-corrected chi connectivity index (χ1v) is 11.1. The van der Waals surface area contributed by atoms with E-state index in [1.165, 1.54) is 18.2 Å². The molecule has 158 valence electrons. The Balaban J connectivity index is 1.60. The van der Waals surface area contributed by atoms with Gasteiger partial charge in [-0.15, -0.1) is 10.2 Å². The maximum Gasteiger partial charge on any atom is 0.233 e. The quantitative estimate of drug-likeness (QED) is 0.544. The summed E-state index contributed by atoms with van der Waals surface area (Å²) in [4.78, 5) is 15.0. The average Bonchev–Trinajstić information content (AvgIpc) is 3.42. The molecule has 2 aromatic heterocycles. The fourth-order valence-corrected chi connectivity index (χ4v) is 4.83. The third-order valence-electron chi connectivity index (χ3n) is 5.51. The predicted octanol–water partition coefficient (Wildman–Crippen LogP) is 4.42. The number of thioether (sulfide) groups is 1. The van der Waals surface area contributed by atoms with E-state index in [9.17, 15) is 4.79 Å². The second-order valence-electron chi connectivity index (χ2n) is 7.54. The van der Waals surface area contributed by atoms with Gasteiger partial charge in [0.05, 0.1) is 24.8 Å². The second kappa shape index (κ2) is 8.95. The third kappa shape index (κ3) is 4.09. The van der Waals surface area contributed by atoms with E-state index in [-0.39, 0.29) is 18.0 Å². The Kier molecular flexibility index (Phi) is 6.13. The van der Waals surface area contributed by atoms with Gasteiger partial charge in [0.1, 0.15) is 5.75 Å². The van der Waals surface area contributed by atoms with Gasteiger partial charge in [0.25, 0.3) is 0 Å². The minimum atomic E-state index is 0.142. The van der Waals surface area contributed by atoms with Gasteiger partial charge in [-0.2, -0.15) is 0 Å². The van der Waals surface area contributed by atoms with Crippen molar-refractivity contribution in [3.05, 3.63) is 42.7 Å². The van der Waals surface area contributed by atoms with Crippen LogP contribution in [-0.2, 0) is 4.79 Å². The van der Waals surface area contributed by atoms with Crippen LogP contribution in [0.1, 0.15) is 33.1 Å². The van der Waals surface area contributed by atoms with Gasteiger partial charge in [0.2, 0.25) is 11.7 Å². The summed E-state index contributed by atoms with van der Waals surface area (Å²) in [5.41, 5.74) is 0.877. The normalized spacial score (nSPS) is 19.1. The van der Waals surface area contributed by atoms with E-state index in [1.807, 2.05) is 45.9 Å². The smallest absolute Gasteiger partial charge is 0.233 e. The van der Waals surface area contributed by atoms with Crippen LogP contribution in [0, 0.1) is 0 Å². The molecule has 4 rings (SSSR count). The molecule has 1 amide bonds. The van der Waals surface area contributed by atoms with Gasteiger partial charge < -0.3 is 14.1 Å².